The van der Waals surface area contributed by atoms with Crippen molar-refractivity contribution in [1.82, 2.24) is 0 Å². The first kappa shape index (κ1) is 27.0. The standard InChI is InChI=1S/C22H25F3N2O6S/c1-13(14-7-6-8-15(11-14)19(28)32-5)34(30,31)27-18-12-16(22(23,24)25)9-10-17(18)26-20(29)33-21(2,3)4/h6-13,27H,1-5H3,(H,26,29). The third kappa shape index (κ3) is 7.11. The molecule has 2 rings (SSSR count). The summed E-state index contributed by atoms with van der Waals surface area (Å²) in [6.45, 7) is 6.07. The molecule has 0 saturated carbocycles. The maximum absolute atomic E-state index is 13.3. The van der Waals surface area contributed by atoms with Crippen LogP contribution in [0, 0.1) is 0 Å². The Kier molecular flexibility index (Phi) is 7.87. The van der Waals surface area contributed by atoms with Gasteiger partial charge in [0.05, 0.1) is 29.6 Å². The summed E-state index contributed by atoms with van der Waals surface area (Å²) in [5, 5.41) is 0.985. The molecule has 1 amide bonds. The summed E-state index contributed by atoms with van der Waals surface area (Å²) >= 11 is 0. The number of hydrogen-bond donors (Lipinski definition) is 2. The van der Waals surface area contributed by atoms with Gasteiger partial charge in [-0.3, -0.25) is 10.0 Å². The minimum Gasteiger partial charge on any atom is -0.465 e. The molecule has 2 N–H and O–H groups in total. The number of hydrogen-bond acceptors (Lipinski definition) is 6. The van der Waals surface area contributed by atoms with Crippen LogP contribution in [-0.2, 0) is 25.7 Å². The fraction of sp³-hybridized carbons (Fsp3) is 0.364. The Hall–Kier alpha value is -3.28. The third-order valence-electron chi connectivity index (χ3n) is 4.48. The highest BCUT2D eigenvalue weighted by atomic mass is 32.2. The number of esters is 1. The van der Waals surface area contributed by atoms with Crippen molar-refractivity contribution in [2.24, 2.45) is 0 Å². The number of sulfonamides is 1. The number of methoxy groups -OCH3 is 1. The van der Waals surface area contributed by atoms with Crippen LogP contribution >= 0.6 is 0 Å². The van der Waals surface area contributed by atoms with Gasteiger partial charge in [-0.25, -0.2) is 18.0 Å². The summed E-state index contributed by atoms with van der Waals surface area (Å²) in [5.41, 5.74) is -2.45. The quantitative estimate of drug-likeness (QED) is 0.516. The van der Waals surface area contributed by atoms with Crippen LogP contribution in [0.4, 0.5) is 29.3 Å². The Morgan fingerprint density at radius 2 is 1.65 bits per heavy atom. The highest BCUT2D eigenvalue weighted by Gasteiger charge is 2.32. The summed E-state index contributed by atoms with van der Waals surface area (Å²) in [5.74, 6) is -0.680. The lowest BCUT2D eigenvalue weighted by Crippen LogP contribution is -2.28. The fourth-order valence-electron chi connectivity index (χ4n) is 2.78. The second-order valence-corrected chi connectivity index (χ2v) is 10.3. The Morgan fingerprint density at radius 3 is 2.21 bits per heavy atom. The Morgan fingerprint density at radius 1 is 1.00 bits per heavy atom. The van der Waals surface area contributed by atoms with Gasteiger partial charge in [-0.1, -0.05) is 12.1 Å². The molecule has 2 aromatic carbocycles. The lowest BCUT2D eigenvalue weighted by atomic mass is 10.1. The molecular formula is C22H25F3N2O6S. The average molecular weight is 503 g/mol. The summed E-state index contributed by atoms with van der Waals surface area (Å²) < 4.78 is 77.7. The van der Waals surface area contributed by atoms with Crippen molar-refractivity contribution in [3.63, 3.8) is 0 Å². The van der Waals surface area contributed by atoms with E-state index in [0.717, 1.165) is 6.07 Å². The second kappa shape index (κ2) is 9.92. The highest BCUT2D eigenvalue weighted by molar-refractivity contribution is 7.92. The third-order valence-corrected chi connectivity index (χ3v) is 6.18. The van der Waals surface area contributed by atoms with Crippen LogP contribution < -0.4 is 10.0 Å². The molecule has 0 aliphatic rings. The lowest BCUT2D eigenvalue weighted by molar-refractivity contribution is -0.137. The Balaban J connectivity index is 2.44. The van der Waals surface area contributed by atoms with E-state index in [1.165, 1.54) is 38.3 Å². The lowest BCUT2D eigenvalue weighted by Gasteiger charge is -2.22. The summed E-state index contributed by atoms with van der Waals surface area (Å²) in [6, 6.07) is 7.83. The molecule has 12 heteroatoms. The second-order valence-electron chi connectivity index (χ2n) is 8.29. The maximum Gasteiger partial charge on any atom is 0.416 e. The minimum atomic E-state index is -4.76. The molecule has 0 saturated heterocycles. The summed E-state index contributed by atoms with van der Waals surface area (Å²) in [6.07, 6.45) is -5.74. The van der Waals surface area contributed by atoms with Gasteiger partial charge >= 0.3 is 18.2 Å². The van der Waals surface area contributed by atoms with Gasteiger partial charge in [-0.2, -0.15) is 13.2 Å². The van der Waals surface area contributed by atoms with Crippen molar-refractivity contribution >= 4 is 33.5 Å². The van der Waals surface area contributed by atoms with E-state index in [0.29, 0.717) is 12.1 Å². The number of alkyl halides is 3. The van der Waals surface area contributed by atoms with E-state index in [1.54, 1.807) is 20.8 Å². The first-order valence-electron chi connectivity index (χ1n) is 9.94. The van der Waals surface area contributed by atoms with Crippen molar-refractivity contribution in [1.29, 1.82) is 0 Å². The number of halogens is 3. The predicted octanol–water partition coefficient (Wildman–Crippen LogP) is 5.34. The summed E-state index contributed by atoms with van der Waals surface area (Å²) in [7, 11) is -3.16. The first-order valence-corrected chi connectivity index (χ1v) is 11.5. The van der Waals surface area contributed by atoms with Gasteiger partial charge < -0.3 is 9.47 Å². The van der Waals surface area contributed by atoms with Gasteiger partial charge in [0, 0.05) is 0 Å². The van der Waals surface area contributed by atoms with Crippen LogP contribution in [-0.4, -0.2) is 33.2 Å². The monoisotopic (exact) mass is 502 g/mol. The molecule has 1 atom stereocenters. The predicted molar refractivity (Wildman–Crippen MR) is 120 cm³/mol. The van der Waals surface area contributed by atoms with Crippen LogP contribution in [0.15, 0.2) is 42.5 Å². The molecular weight excluding hydrogens is 477 g/mol. The maximum atomic E-state index is 13.3. The van der Waals surface area contributed by atoms with E-state index in [-0.39, 0.29) is 16.8 Å². The molecule has 0 bridgehead atoms. The van der Waals surface area contributed by atoms with E-state index in [1.807, 2.05) is 0 Å². The Labute approximate surface area is 195 Å². The van der Waals surface area contributed by atoms with Gasteiger partial charge in [0.1, 0.15) is 10.9 Å². The zero-order valence-electron chi connectivity index (χ0n) is 19.1. The van der Waals surface area contributed by atoms with E-state index < -0.39 is 50.4 Å². The number of carbonyl (C=O) groups excluding carboxylic acids is 2. The Bertz CT molecular complexity index is 1170. The summed E-state index contributed by atoms with van der Waals surface area (Å²) in [4.78, 5) is 23.9. The van der Waals surface area contributed by atoms with Crippen molar-refractivity contribution in [2.45, 2.75) is 44.7 Å². The zero-order chi connectivity index (χ0) is 25.9. The van der Waals surface area contributed by atoms with Crippen LogP contribution in [0.3, 0.4) is 0 Å². The van der Waals surface area contributed by atoms with E-state index >= 15 is 0 Å². The molecule has 0 aliphatic heterocycles. The van der Waals surface area contributed by atoms with Gasteiger partial charge in [0.2, 0.25) is 10.0 Å². The molecule has 0 radical (unpaired) electrons. The molecule has 0 aromatic heterocycles. The number of carbonyl (C=O) groups is 2. The molecule has 186 valence electrons. The van der Waals surface area contributed by atoms with E-state index in [9.17, 15) is 31.2 Å². The number of benzene rings is 2. The smallest absolute Gasteiger partial charge is 0.416 e. The average Bonchev–Trinajstić information content (AvgIpc) is 2.71. The number of nitrogens with one attached hydrogen (secondary N) is 2. The van der Waals surface area contributed by atoms with E-state index in [2.05, 4.69) is 14.8 Å². The van der Waals surface area contributed by atoms with Gasteiger partial charge in [0.15, 0.2) is 0 Å². The van der Waals surface area contributed by atoms with Crippen LogP contribution in [0.2, 0.25) is 0 Å². The number of amides is 1. The van der Waals surface area contributed by atoms with Crippen LogP contribution in [0.25, 0.3) is 0 Å². The topological polar surface area (TPSA) is 111 Å². The molecule has 0 aliphatic carbocycles. The minimum absolute atomic E-state index is 0.105. The fourth-order valence-corrected chi connectivity index (χ4v) is 3.94. The number of rotatable bonds is 6. The highest BCUT2D eigenvalue weighted by Crippen LogP contribution is 2.36. The molecule has 34 heavy (non-hydrogen) atoms. The number of anilines is 2. The normalized spacial score (nSPS) is 13.1. The van der Waals surface area contributed by atoms with Gasteiger partial charge in [0.25, 0.3) is 0 Å². The van der Waals surface area contributed by atoms with Crippen molar-refractivity contribution in [3.05, 3.63) is 59.2 Å². The van der Waals surface area contributed by atoms with Crippen molar-refractivity contribution < 1.29 is 40.7 Å². The van der Waals surface area contributed by atoms with Crippen molar-refractivity contribution in [2.75, 3.05) is 17.1 Å². The van der Waals surface area contributed by atoms with Crippen LogP contribution in [0.5, 0.6) is 0 Å². The van der Waals surface area contributed by atoms with Crippen molar-refractivity contribution in [3.8, 4) is 0 Å². The van der Waals surface area contributed by atoms with Crippen LogP contribution in [0.1, 0.15) is 54.4 Å². The molecule has 0 heterocycles. The first-order chi connectivity index (χ1) is 15.5. The molecule has 0 spiro atoms. The largest absolute Gasteiger partial charge is 0.465 e. The zero-order valence-corrected chi connectivity index (χ0v) is 19.9. The SMILES string of the molecule is COC(=O)c1cccc(C(C)S(=O)(=O)Nc2cc(C(F)(F)F)ccc2NC(=O)OC(C)(C)C)c1. The molecule has 8 nitrogen and oxygen atoms in total. The molecule has 1 unspecified atom stereocenters. The van der Waals surface area contributed by atoms with Gasteiger partial charge in [-0.15, -0.1) is 0 Å². The molecule has 0 fully saturated rings. The van der Waals surface area contributed by atoms with E-state index in [4.69, 9.17) is 4.74 Å². The molecule has 2 aromatic rings. The number of ether oxygens (including phenoxy) is 2. The van der Waals surface area contributed by atoms with Gasteiger partial charge in [-0.05, 0) is 63.6 Å².